The lowest BCUT2D eigenvalue weighted by Gasteiger charge is -2.23. The van der Waals surface area contributed by atoms with Gasteiger partial charge in [-0.1, -0.05) is 44.4 Å². The molecule has 88 valence electrons. The number of unbranched alkanes of at least 4 members (excludes halogenated alkanes) is 1. The van der Waals surface area contributed by atoms with Crippen LogP contribution in [0.1, 0.15) is 51.9 Å². The van der Waals surface area contributed by atoms with Crippen LogP contribution in [0.3, 0.4) is 0 Å². The second-order valence-electron chi connectivity index (χ2n) is 4.22. The maximum Gasteiger partial charge on any atom is 0.156 e. The fourth-order valence-corrected chi connectivity index (χ4v) is 2.43. The van der Waals surface area contributed by atoms with Crippen LogP contribution in [0.4, 0.5) is 0 Å². The van der Waals surface area contributed by atoms with Crippen molar-refractivity contribution in [2.45, 2.75) is 57.9 Å². The number of thioether (sulfide) groups is 1. The van der Waals surface area contributed by atoms with Crippen LogP contribution in [0.2, 0.25) is 0 Å². The molecule has 2 nitrogen and oxygen atoms in total. The van der Waals surface area contributed by atoms with Crippen molar-refractivity contribution in [2.24, 2.45) is 4.99 Å². The number of aliphatic imine (C=N–C) groups is 1. The average molecular weight is 228 g/mol. The van der Waals surface area contributed by atoms with Gasteiger partial charge in [0.1, 0.15) is 0 Å². The summed E-state index contributed by atoms with van der Waals surface area (Å²) < 4.78 is 0. The van der Waals surface area contributed by atoms with Crippen molar-refractivity contribution in [1.29, 1.82) is 0 Å². The quantitative estimate of drug-likeness (QED) is 0.453. The van der Waals surface area contributed by atoms with Crippen molar-refractivity contribution in [2.75, 3.05) is 12.8 Å². The molecule has 0 aliphatic heterocycles. The molecule has 1 aliphatic rings. The van der Waals surface area contributed by atoms with E-state index in [0.717, 1.165) is 11.7 Å². The van der Waals surface area contributed by atoms with Crippen molar-refractivity contribution in [1.82, 2.24) is 5.32 Å². The van der Waals surface area contributed by atoms with Gasteiger partial charge in [-0.2, -0.15) is 0 Å². The molecule has 1 saturated carbocycles. The Bertz CT molecular complexity index is 186. The van der Waals surface area contributed by atoms with Gasteiger partial charge in [0.05, 0.1) is 0 Å². The number of hydrogen-bond donors (Lipinski definition) is 1. The van der Waals surface area contributed by atoms with Crippen LogP contribution in [0.5, 0.6) is 0 Å². The molecule has 0 atom stereocenters. The van der Waals surface area contributed by atoms with E-state index in [1.165, 1.54) is 44.9 Å². The largest absolute Gasteiger partial charge is 0.362 e. The van der Waals surface area contributed by atoms with Gasteiger partial charge in [-0.05, 0) is 25.5 Å². The lowest BCUT2D eigenvalue weighted by molar-refractivity contribution is 0.415. The fourth-order valence-electron chi connectivity index (χ4n) is 1.93. The molecule has 1 aliphatic carbocycles. The number of nitrogens with zero attached hydrogens (tertiary/aromatic N) is 1. The Hall–Kier alpha value is -0.180. The van der Waals surface area contributed by atoms with Gasteiger partial charge in [0.25, 0.3) is 0 Å². The Balaban J connectivity index is 2.27. The van der Waals surface area contributed by atoms with E-state index in [2.05, 4.69) is 23.5 Å². The molecule has 0 amide bonds. The molecule has 0 saturated heterocycles. The highest BCUT2D eigenvalue weighted by atomic mass is 32.2. The molecule has 0 radical (unpaired) electrons. The maximum absolute atomic E-state index is 4.59. The SMILES string of the molecule is CCCCN=C(NC1CCCCC1)SC. The Labute approximate surface area is 98.3 Å². The summed E-state index contributed by atoms with van der Waals surface area (Å²) in [6.45, 7) is 3.19. The van der Waals surface area contributed by atoms with Crippen LogP contribution < -0.4 is 5.32 Å². The Morgan fingerprint density at radius 3 is 2.67 bits per heavy atom. The Morgan fingerprint density at radius 1 is 1.33 bits per heavy atom. The third kappa shape index (κ3) is 5.45. The Morgan fingerprint density at radius 2 is 2.07 bits per heavy atom. The zero-order valence-electron chi connectivity index (χ0n) is 10.1. The number of rotatable bonds is 4. The molecule has 1 rings (SSSR count). The summed E-state index contributed by atoms with van der Waals surface area (Å²) in [5.41, 5.74) is 0. The highest BCUT2D eigenvalue weighted by molar-refractivity contribution is 8.13. The van der Waals surface area contributed by atoms with Gasteiger partial charge < -0.3 is 5.32 Å². The van der Waals surface area contributed by atoms with E-state index in [4.69, 9.17) is 0 Å². The average Bonchev–Trinajstić information content (AvgIpc) is 2.29. The first-order chi connectivity index (χ1) is 7.36. The van der Waals surface area contributed by atoms with Crippen LogP contribution >= 0.6 is 11.8 Å². The third-order valence-electron chi connectivity index (χ3n) is 2.89. The van der Waals surface area contributed by atoms with E-state index >= 15 is 0 Å². The molecular weight excluding hydrogens is 204 g/mol. The molecular formula is C12H24N2S. The normalized spacial score (nSPS) is 19.2. The lowest BCUT2D eigenvalue weighted by atomic mass is 9.96. The standard InChI is InChI=1S/C12H24N2S/c1-3-4-10-13-12(15-2)14-11-8-6-5-7-9-11/h11H,3-10H2,1-2H3,(H,13,14). The summed E-state index contributed by atoms with van der Waals surface area (Å²) in [6.07, 6.45) is 11.4. The van der Waals surface area contributed by atoms with Crippen LogP contribution in [0.15, 0.2) is 4.99 Å². The minimum atomic E-state index is 0.687. The highest BCUT2D eigenvalue weighted by Gasteiger charge is 2.13. The van der Waals surface area contributed by atoms with Crippen molar-refractivity contribution in [3.05, 3.63) is 0 Å². The number of hydrogen-bond acceptors (Lipinski definition) is 2. The van der Waals surface area contributed by atoms with E-state index < -0.39 is 0 Å². The van der Waals surface area contributed by atoms with Gasteiger partial charge in [-0.3, -0.25) is 4.99 Å². The summed E-state index contributed by atoms with van der Waals surface area (Å²) in [7, 11) is 0. The fraction of sp³-hybridized carbons (Fsp3) is 0.917. The molecule has 1 N–H and O–H groups in total. The molecule has 0 aromatic carbocycles. The van der Waals surface area contributed by atoms with Crippen molar-refractivity contribution >= 4 is 16.9 Å². The van der Waals surface area contributed by atoms with Crippen LogP contribution in [0.25, 0.3) is 0 Å². The minimum Gasteiger partial charge on any atom is -0.362 e. The molecule has 0 unspecified atom stereocenters. The molecule has 3 heteroatoms. The van der Waals surface area contributed by atoms with Gasteiger partial charge in [0.15, 0.2) is 5.17 Å². The van der Waals surface area contributed by atoms with Crippen molar-refractivity contribution in [3.63, 3.8) is 0 Å². The molecule has 1 fully saturated rings. The van der Waals surface area contributed by atoms with Gasteiger partial charge in [-0.25, -0.2) is 0 Å². The van der Waals surface area contributed by atoms with Gasteiger partial charge in [0.2, 0.25) is 0 Å². The predicted octanol–water partition coefficient (Wildman–Crippen LogP) is 3.43. The van der Waals surface area contributed by atoms with E-state index in [-0.39, 0.29) is 0 Å². The summed E-state index contributed by atoms with van der Waals surface area (Å²) in [4.78, 5) is 4.59. The summed E-state index contributed by atoms with van der Waals surface area (Å²) in [5, 5.41) is 4.73. The van der Waals surface area contributed by atoms with Gasteiger partial charge in [-0.15, -0.1) is 0 Å². The molecule has 0 heterocycles. The first kappa shape index (κ1) is 12.9. The first-order valence-corrected chi connectivity index (χ1v) is 7.44. The van der Waals surface area contributed by atoms with Crippen molar-refractivity contribution < 1.29 is 0 Å². The lowest BCUT2D eigenvalue weighted by Crippen LogP contribution is -2.34. The zero-order chi connectivity index (χ0) is 10.9. The molecule has 0 bridgehead atoms. The second kappa shape index (κ2) is 8.03. The monoisotopic (exact) mass is 228 g/mol. The Kier molecular flexibility index (Phi) is 6.90. The molecule has 15 heavy (non-hydrogen) atoms. The smallest absolute Gasteiger partial charge is 0.156 e. The summed E-state index contributed by atoms with van der Waals surface area (Å²) in [5.74, 6) is 0. The third-order valence-corrected chi connectivity index (χ3v) is 3.53. The first-order valence-electron chi connectivity index (χ1n) is 6.21. The minimum absolute atomic E-state index is 0.687. The maximum atomic E-state index is 4.59. The number of amidine groups is 1. The van der Waals surface area contributed by atoms with Gasteiger partial charge >= 0.3 is 0 Å². The molecule has 0 spiro atoms. The number of nitrogens with one attached hydrogen (secondary N) is 1. The van der Waals surface area contributed by atoms with Crippen LogP contribution in [-0.4, -0.2) is 24.0 Å². The summed E-state index contributed by atoms with van der Waals surface area (Å²) >= 11 is 1.75. The van der Waals surface area contributed by atoms with Crippen LogP contribution in [-0.2, 0) is 0 Å². The van der Waals surface area contributed by atoms with E-state index in [0.29, 0.717) is 6.04 Å². The van der Waals surface area contributed by atoms with Crippen molar-refractivity contribution in [3.8, 4) is 0 Å². The predicted molar refractivity (Wildman–Crippen MR) is 70.7 cm³/mol. The van der Waals surface area contributed by atoms with E-state index in [9.17, 15) is 0 Å². The zero-order valence-corrected chi connectivity index (χ0v) is 10.9. The molecule has 0 aromatic rings. The topological polar surface area (TPSA) is 24.4 Å². The second-order valence-corrected chi connectivity index (χ2v) is 5.02. The van der Waals surface area contributed by atoms with Gasteiger partial charge in [0, 0.05) is 12.6 Å². The highest BCUT2D eigenvalue weighted by Crippen LogP contribution is 2.18. The van der Waals surface area contributed by atoms with Crippen LogP contribution in [0, 0.1) is 0 Å². The van der Waals surface area contributed by atoms with E-state index in [1.54, 1.807) is 11.8 Å². The summed E-state index contributed by atoms with van der Waals surface area (Å²) in [6, 6.07) is 0.687. The van der Waals surface area contributed by atoms with E-state index in [1.807, 2.05) is 0 Å². The molecule has 0 aromatic heterocycles.